The molecule has 60 valence electrons. The maximum absolute atomic E-state index is 12.6. The molecule has 1 rings (SSSR count). The van der Waals surface area contributed by atoms with Crippen molar-refractivity contribution in [3.8, 4) is 0 Å². The van der Waals surface area contributed by atoms with Crippen LogP contribution in [0.25, 0.3) is 0 Å². The van der Waals surface area contributed by atoms with Gasteiger partial charge in [0.15, 0.2) is 0 Å². The Kier molecular flexibility index (Phi) is 2.21. The summed E-state index contributed by atoms with van der Waals surface area (Å²) in [7, 11) is 0. The van der Waals surface area contributed by atoms with Crippen LogP contribution in [0.15, 0.2) is 0 Å². The lowest BCUT2D eigenvalue weighted by Crippen LogP contribution is -2.34. The molecule has 1 aliphatic rings. The van der Waals surface area contributed by atoms with Crippen molar-refractivity contribution >= 4 is 0 Å². The second-order valence-corrected chi connectivity index (χ2v) is 2.96. The van der Waals surface area contributed by atoms with E-state index in [2.05, 4.69) is 0 Å². The summed E-state index contributed by atoms with van der Waals surface area (Å²) < 4.78 is 37.6. The van der Waals surface area contributed by atoms with Gasteiger partial charge in [-0.25, -0.2) is 13.2 Å². The number of hydrogen-bond acceptors (Lipinski definition) is 0. The molecule has 2 unspecified atom stereocenters. The normalized spacial score (nSPS) is 49.2. The molecule has 0 heterocycles. The summed E-state index contributed by atoms with van der Waals surface area (Å²) in [6.45, 7) is 1.49. The largest absolute Gasteiger partial charge is 0.247 e. The van der Waals surface area contributed by atoms with E-state index in [1.165, 1.54) is 6.92 Å². The minimum atomic E-state index is -1.29. The molecule has 0 N–H and O–H groups in total. The highest BCUT2D eigenvalue weighted by molar-refractivity contribution is 4.83. The van der Waals surface area contributed by atoms with Gasteiger partial charge in [-0.3, -0.25) is 0 Å². The zero-order valence-corrected chi connectivity index (χ0v) is 5.86. The molecule has 0 aromatic rings. The first-order valence-electron chi connectivity index (χ1n) is 3.53. The van der Waals surface area contributed by atoms with Crippen LogP contribution in [0.3, 0.4) is 0 Å². The molecule has 0 aliphatic heterocycles. The van der Waals surface area contributed by atoms with Crippen LogP contribution in [0.5, 0.6) is 0 Å². The lowest BCUT2D eigenvalue weighted by Gasteiger charge is -2.28. The van der Waals surface area contributed by atoms with E-state index >= 15 is 0 Å². The molecule has 0 bridgehead atoms. The van der Waals surface area contributed by atoms with Crippen molar-refractivity contribution in [2.75, 3.05) is 0 Å². The highest BCUT2D eigenvalue weighted by atomic mass is 19.2. The van der Waals surface area contributed by atoms with E-state index in [0.717, 1.165) is 0 Å². The third kappa shape index (κ3) is 1.44. The minimum Gasteiger partial charge on any atom is -0.247 e. The summed E-state index contributed by atoms with van der Waals surface area (Å²) in [5.74, 6) is -0.619. The molecule has 0 aromatic carbocycles. The van der Waals surface area contributed by atoms with Crippen LogP contribution >= 0.6 is 0 Å². The summed E-state index contributed by atoms with van der Waals surface area (Å²) >= 11 is 0. The van der Waals surface area contributed by atoms with Gasteiger partial charge >= 0.3 is 0 Å². The molecule has 1 saturated carbocycles. The molecule has 0 saturated heterocycles. The van der Waals surface area contributed by atoms with E-state index in [4.69, 9.17) is 0 Å². The summed E-state index contributed by atoms with van der Waals surface area (Å²) in [6.07, 6.45) is -4.11. The Hall–Kier alpha value is -0.210. The van der Waals surface area contributed by atoms with E-state index in [-0.39, 0.29) is 12.8 Å². The Balaban J connectivity index is 2.49. The molecular weight excluding hydrogens is 141 g/mol. The molecule has 1 fully saturated rings. The Morgan fingerprint density at radius 3 is 1.80 bits per heavy atom. The Bertz CT molecular complexity index is 103. The average molecular weight is 152 g/mol. The van der Waals surface area contributed by atoms with E-state index in [1.807, 2.05) is 0 Å². The van der Waals surface area contributed by atoms with Crippen molar-refractivity contribution in [3.05, 3.63) is 0 Å². The van der Waals surface area contributed by atoms with Crippen molar-refractivity contribution in [1.82, 2.24) is 0 Å². The van der Waals surface area contributed by atoms with Gasteiger partial charge < -0.3 is 0 Å². The maximum atomic E-state index is 12.6. The van der Waals surface area contributed by atoms with Gasteiger partial charge in [-0.15, -0.1) is 0 Å². The summed E-state index contributed by atoms with van der Waals surface area (Å²) in [5.41, 5.74) is 0. The highest BCUT2D eigenvalue weighted by Gasteiger charge is 2.35. The van der Waals surface area contributed by atoms with Crippen LogP contribution in [0.4, 0.5) is 13.2 Å². The smallest absolute Gasteiger partial charge is 0.108 e. The molecule has 0 aromatic heterocycles. The quantitative estimate of drug-likeness (QED) is 0.500. The molecule has 0 nitrogen and oxygen atoms in total. The van der Waals surface area contributed by atoms with Gasteiger partial charge in [-0.05, 0) is 0 Å². The number of hydrogen-bond donors (Lipinski definition) is 0. The second kappa shape index (κ2) is 2.81. The predicted octanol–water partition coefficient (Wildman–Crippen LogP) is 2.43. The number of halogens is 3. The van der Waals surface area contributed by atoms with Crippen LogP contribution in [-0.2, 0) is 0 Å². The van der Waals surface area contributed by atoms with Crippen LogP contribution in [0.1, 0.15) is 19.8 Å². The summed E-state index contributed by atoms with van der Waals surface area (Å²) in [5, 5.41) is 0. The van der Waals surface area contributed by atoms with Crippen molar-refractivity contribution < 1.29 is 13.2 Å². The zero-order valence-electron chi connectivity index (χ0n) is 5.86. The molecule has 0 radical (unpaired) electrons. The molecule has 3 heteroatoms. The topological polar surface area (TPSA) is 0 Å². The van der Waals surface area contributed by atoms with Gasteiger partial charge in [0.2, 0.25) is 0 Å². The maximum Gasteiger partial charge on any atom is 0.108 e. The van der Waals surface area contributed by atoms with Crippen molar-refractivity contribution in [2.24, 2.45) is 5.92 Å². The van der Waals surface area contributed by atoms with E-state index < -0.39 is 24.4 Å². The first-order valence-corrected chi connectivity index (χ1v) is 3.53. The van der Waals surface area contributed by atoms with Crippen LogP contribution < -0.4 is 0 Å². The summed E-state index contributed by atoms with van der Waals surface area (Å²) in [6, 6.07) is 0. The first kappa shape index (κ1) is 7.89. The molecule has 1 aliphatic carbocycles. The average Bonchev–Trinajstić information content (AvgIpc) is 1.82. The third-order valence-electron chi connectivity index (χ3n) is 2.10. The Morgan fingerprint density at radius 2 is 1.40 bits per heavy atom. The Morgan fingerprint density at radius 1 is 1.00 bits per heavy atom. The number of alkyl halides is 3. The second-order valence-electron chi connectivity index (χ2n) is 2.96. The fourth-order valence-corrected chi connectivity index (χ4v) is 1.24. The van der Waals surface area contributed by atoms with E-state index in [9.17, 15) is 13.2 Å². The van der Waals surface area contributed by atoms with Gasteiger partial charge in [-0.1, -0.05) is 6.92 Å². The van der Waals surface area contributed by atoms with Crippen molar-refractivity contribution in [3.63, 3.8) is 0 Å². The zero-order chi connectivity index (χ0) is 7.72. The first-order chi connectivity index (χ1) is 4.61. The van der Waals surface area contributed by atoms with Crippen LogP contribution in [-0.4, -0.2) is 18.5 Å². The SMILES string of the molecule is CC1C(F)CC(F)CC1F. The molecule has 0 amide bonds. The fraction of sp³-hybridized carbons (Fsp3) is 1.00. The fourth-order valence-electron chi connectivity index (χ4n) is 1.24. The van der Waals surface area contributed by atoms with Crippen molar-refractivity contribution in [2.45, 2.75) is 38.3 Å². The highest BCUT2D eigenvalue weighted by Crippen LogP contribution is 2.30. The van der Waals surface area contributed by atoms with E-state index in [0.29, 0.717) is 0 Å². The van der Waals surface area contributed by atoms with E-state index in [1.54, 1.807) is 0 Å². The molecule has 0 spiro atoms. The summed E-state index contributed by atoms with van der Waals surface area (Å²) in [4.78, 5) is 0. The van der Waals surface area contributed by atoms with Gasteiger partial charge in [0.25, 0.3) is 0 Å². The molecular formula is C7H11F3. The van der Waals surface area contributed by atoms with Crippen LogP contribution in [0.2, 0.25) is 0 Å². The Labute approximate surface area is 58.4 Å². The van der Waals surface area contributed by atoms with Crippen molar-refractivity contribution in [1.29, 1.82) is 0 Å². The van der Waals surface area contributed by atoms with Gasteiger partial charge in [-0.2, -0.15) is 0 Å². The predicted molar refractivity (Wildman–Crippen MR) is 33.1 cm³/mol. The van der Waals surface area contributed by atoms with Gasteiger partial charge in [0.1, 0.15) is 18.5 Å². The lowest BCUT2D eigenvalue weighted by molar-refractivity contribution is 0.0395. The third-order valence-corrected chi connectivity index (χ3v) is 2.10. The van der Waals surface area contributed by atoms with Gasteiger partial charge in [0.05, 0.1) is 0 Å². The lowest BCUT2D eigenvalue weighted by atomic mass is 9.86. The monoisotopic (exact) mass is 152 g/mol. The molecule has 2 atom stereocenters. The molecule has 10 heavy (non-hydrogen) atoms. The number of rotatable bonds is 0. The van der Waals surface area contributed by atoms with Crippen LogP contribution in [0, 0.1) is 5.92 Å². The standard InChI is InChI=1S/C7H11F3/c1-4-6(9)2-5(8)3-7(4)10/h4-7H,2-3H2,1H3. The van der Waals surface area contributed by atoms with Gasteiger partial charge in [0, 0.05) is 18.8 Å². The minimum absolute atomic E-state index is 0.123.